The second kappa shape index (κ2) is 184. The van der Waals surface area contributed by atoms with Gasteiger partial charge in [-0.05, 0) is 0 Å². The predicted octanol–water partition coefficient (Wildman–Crippen LogP) is 1.35. The molecular weight excluding hydrogens is 73.0 g/mol. The third-order valence-electron chi connectivity index (χ3n) is 0. The van der Waals surface area contributed by atoms with E-state index in [0.717, 1.165) is 0 Å². The third-order valence-corrected chi connectivity index (χ3v) is 0. The molecule has 0 aromatic rings. The van der Waals surface area contributed by atoms with E-state index in [2.05, 4.69) is 0 Å². The Balaban J connectivity index is 0. The van der Waals surface area contributed by atoms with Gasteiger partial charge in [-0.3, -0.25) is 0 Å². The first-order chi connectivity index (χ1) is 0. The van der Waals surface area contributed by atoms with Crippen LogP contribution in [0.5, 0.6) is 0 Å². The molecule has 0 aromatic heterocycles. The van der Waals surface area contributed by atoms with Gasteiger partial charge in [0.15, 0.2) is 0 Å². The van der Waals surface area contributed by atoms with Crippen LogP contribution in [0, 0.1) is 0 Å². The Hall–Kier alpha value is 0.310. The van der Waals surface area contributed by atoms with Crippen LogP contribution in [0.1, 0.15) is 0 Å². The first-order valence-corrected chi connectivity index (χ1v) is 0. The van der Waals surface area contributed by atoms with Gasteiger partial charge in [-0.1, -0.05) is 0 Å². The Morgan fingerprint density at radius 1 is 0.500 bits per heavy atom. The molecule has 9 N–H and O–H groups in total. The van der Waals surface area contributed by atoms with Gasteiger partial charge < -0.3 is 18.5 Å². The van der Waals surface area contributed by atoms with Crippen LogP contribution in [-0.4, -0.2) is 0 Å². The minimum absolute atomic E-state index is 0. The summed E-state index contributed by atoms with van der Waals surface area (Å²) in [5.74, 6) is 0. The smallest absolute Gasteiger partial charge is 0.344 e. The second-order valence-electron chi connectivity index (χ2n) is 0. The quantitative estimate of drug-likeness (QED) is 0.384. The van der Waals surface area contributed by atoms with Gasteiger partial charge in [-0.25, -0.2) is 0 Å². The maximum Gasteiger partial charge on any atom is 3.00 e. The maximum absolute atomic E-state index is 0. The van der Waals surface area contributed by atoms with E-state index in [1.54, 1.807) is 0 Å². The first kappa shape index (κ1) is 491. The normalized spacial score (nSPS) is 0. The summed E-state index contributed by atoms with van der Waals surface area (Å²) in [6, 6.07) is 0. The molecule has 4 heteroatoms. The van der Waals surface area contributed by atoms with Gasteiger partial charge in [-0.15, -0.1) is 0 Å². The molecule has 0 amide bonds. The molecule has 0 saturated heterocycles. The molecule has 0 aliphatic rings. The van der Waals surface area contributed by atoms with E-state index in [1.165, 1.54) is 0 Å². The van der Waals surface area contributed by atoms with Crippen molar-refractivity contribution in [3.63, 3.8) is 0 Å². The Morgan fingerprint density at radius 3 is 0.500 bits per heavy atom. The third kappa shape index (κ3) is 41.3. The van der Waals surface area contributed by atoms with Crippen molar-refractivity contribution >= 4 is 9.90 Å². The van der Waals surface area contributed by atoms with Crippen molar-refractivity contribution in [2.75, 3.05) is 0 Å². The fourth-order valence-corrected chi connectivity index (χ4v) is 0. The van der Waals surface area contributed by atoms with Crippen molar-refractivity contribution in [1.29, 1.82) is 0 Å². The van der Waals surface area contributed by atoms with Crippen LogP contribution in [0.25, 0.3) is 0 Å². The average Bonchev–Trinajstić information content (AvgIpc) is 0. The minimum Gasteiger partial charge on any atom is -0.344 e. The fraction of sp³-hybridized carbons (Fsp3) is 0. The Morgan fingerprint density at radius 2 is 0.500 bits per heavy atom. The van der Waals surface area contributed by atoms with Gasteiger partial charge in [-0.2, -0.15) is 0 Å². The van der Waals surface area contributed by atoms with E-state index in [-0.39, 0.29) is 28.4 Å². The second-order valence-corrected chi connectivity index (χ2v) is 0. The van der Waals surface area contributed by atoms with Crippen LogP contribution < -0.4 is 18.5 Å². The zero-order valence-corrected chi connectivity index (χ0v) is 3.46. The van der Waals surface area contributed by atoms with E-state index in [1.807, 2.05) is 0 Å². The Labute approximate surface area is 29.5 Å². The molecule has 3 nitrogen and oxygen atoms in total. The Bertz CT molecular complexity index is 3.25. The van der Waals surface area contributed by atoms with Gasteiger partial charge in [0.25, 0.3) is 0 Å². The molecule has 0 bridgehead atoms. The van der Waals surface area contributed by atoms with Crippen LogP contribution in [0.15, 0.2) is 0 Å². The van der Waals surface area contributed by atoms with Gasteiger partial charge in [0.05, 0.1) is 0 Å². The molecule has 0 heterocycles. The number of hydrogen-bond donors (Lipinski definition) is 3. The van der Waals surface area contributed by atoms with Gasteiger partial charge in [0.2, 0.25) is 0 Å². The molecule has 0 unspecified atom stereocenters. The van der Waals surface area contributed by atoms with E-state index in [0.29, 0.717) is 0 Å². The standard InChI is InChI=1S/3H3N.P/h3*1H3;/q;;;+3. The molecule has 2 radical (unpaired) electrons. The molecule has 0 spiro atoms. The summed E-state index contributed by atoms with van der Waals surface area (Å²) < 4.78 is 0. The van der Waals surface area contributed by atoms with Crippen LogP contribution in [-0.2, 0) is 0 Å². The maximum atomic E-state index is 0. The molecule has 0 fully saturated rings. The van der Waals surface area contributed by atoms with E-state index in [4.69, 9.17) is 0 Å². The molecule has 4 heavy (non-hydrogen) atoms. The average molecular weight is 82.1 g/mol. The van der Waals surface area contributed by atoms with Crippen molar-refractivity contribution in [2.24, 2.45) is 0 Å². The molecule has 26 valence electrons. The van der Waals surface area contributed by atoms with Crippen molar-refractivity contribution in [3.8, 4) is 0 Å². The largest absolute Gasteiger partial charge is 3.00 e. The number of hydrogen-bond acceptors (Lipinski definition) is 3. The summed E-state index contributed by atoms with van der Waals surface area (Å²) in [4.78, 5) is 0. The van der Waals surface area contributed by atoms with Crippen molar-refractivity contribution in [1.82, 2.24) is 18.5 Å². The molecular formula is H9N3P+3. The monoisotopic (exact) mass is 82.1 g/mol. The van der Waals surface area contributed by atoms with Crippen LogP contribution >= 0.6 is 9.90 Å². The van der Waals surface area contributed by atoms with Crippen LogP contribution in [0.4, 0.5) is 0 Å². The van der Waals surface area contributed by atoms with Crippen LogP contribution in [0.2, 0.25) is 0 Å². The molecule has 0 aliphatic heterocycles. The van der Waals surface area contributed by atoms with Gasteiger partial charge in [0.1, 0.15) is 0 Å². The summed E-state index contributed by atoms with van der Waals surface area (Å²) in [6.45, 7) is 0. The van der Waals surface area contributed by atoms with Gasteiger partial charge in [0, 0.05) is 0 Å². The molecule has 0 aromatic carbocycles. The van der Waals surface area contributed by atoms with Crippen molar-refractivity contribution in [3.05, 3.63) is 0 Å². The molecule has 0 rings (SSSR count). The number of rotatable bonds is 0. The molecule has 0 atom stereocenters. The topological polar surface area (TPSA) is 105 Å². The minimum atomic E-state index is 0. The molecule has 0 saturated carbocycles. The van der Waals surface area contributed by atoms with E-state index < -0.39 is 0 Å². The summed E-state index contributed by atoms with van der Waals surface area (Å²) in [6.07, 6.45) is 0. The zero-order chi connectivity index (χ0) is 0. The van der Waals surface area contributed by atoms with Gasteiger partial charge >= 0.3 is 9.90 Å². The zero-order valence-electron chi connectivity index (χ0n) is 2.57. The summed E-state index contributed by atoms with van der Waals surface area (Å²) in [7, 11) is 0. The predicted molar refractivity (Wildman–Crippen MR) is 22.0 cm³/mol. The summed E-state index contributed by atoms with van der Waals surface area (Å²) >= 11 is 0. The Kier molecular flexibility index (Phi) is 22600. The summed E-state index contributed by atoms with van der Waals surface area (Å²) in [5, 5.41) is 0. The van der Waals surface area contributed by atoms with Crippen molar-refractivity contribution < 1.29 is 0 Å². The van der Waals surface area contributed by atoms with Crippen LogP contribution in [0.3, 0.4) is 0 Å². The van der Waals surface area contributed by atoms with E-state index >= 15 is 0 Å². The first-order valence-electron chi connectivity index (χ1n) is 0. The van der Waals surface area contributed by atoms with E-state index in [9.17, 15) is 0 Å². The molecule has 0 aliphatic carbocycles. The SMILES string of the molecule is N.N.N.[P+3]. The summed E-state index contributed by atoms with van der Waals surface area (Å²) in [5.41, 5.74) is 0. The fourth-order valence-electron chi connectivity index (χ4n) is 0. The van der Waals surface area contributed by atoms with Crippen molar-refractivity contribution in [2.45, 2.75) is 0 Å².